The van der Waals surface area contributed by atoms with Crippen molar-refractivity contribution >= 4 is 11.9 Å². The second-order valence-corrected chi connectivity index (χ2v) is 7.94. The van der Waals surface area contributed by atoms with Crippen LogP contribution in [-0.4, -0.2) is 20.1 Å². The number of nitrogens with zero attached hydrogens (tertiary/aromatic N) is 3. The maximum atomic E-state index is 14.1. The Kier molecular flexibility index (Phi) is 5.68. The van der Waals surface area contributed by atoms with E-state index in [0.717, 1.165) is 6.07 Å². The normalized spacial score (nSPS) is 13.6. The Morgan fingerprint density at radius 1 is 0.919 bits per heavy atom. The zero-order valence-electron chi connectivity index (χ0n) is 18.2. The van der Waals surface area contributed by atoms with Crippen LogP contribution in [0.25, 0.3) is 28.7 Å². The average Bonchev–Trinajstić information content (AvgIpc) is 3.46. The largest absolute Gasteiger partial charge is 0.417 e. The Balaban J connectivity index is 1.36. The highest BCUT2D eigenvalue weighted by Gasteiger charge is 2.39. The van der Waals surface area contributed by atoms with Crippen LogP contribution >= 0.6 is 0 Å². The molecule has 4 aromatic rings. The first kappa shape index (κ1) is 24.3. The predicted molar refractivity (Wildman–Crippen MR) is 114 cm³/mol. The van der Waals surface area contributed by atoms with Crippen molar-refractivity contribution < 1.29 is 39.6 Å². The molecule has 0 atom stereocenters. The molecule has 37 heavy (non-hydrogen) atoms. The molecule has 6 nitrogen and oxygen atoms in total. The second kappa shape index (κ2) is 8.64. The van der Waals surface area contributed by atoms with E-state index < -0.39 is 40.7 Å². The van der Waals surface area contributed by atoms with E-state index in [9.17, 15) is 35.1 Å². The summed E-state index contributed by atoms with van der Waals surface area (Å²) >= 11 is 0. The number of hydrogen-bond acceptors (Lipinski definition) is 5. The Hall–Kier alpha value is -4.36. The summed E-state index contributed by atoms with van der Waals surface area (Å²) in [5.41, 5.74) is -0.590. The average molecular weight is 527 g/mol. The summed E-state index contributed by atoms with van der Waals surface area (Å²) < 4.78 is 112. The molecule has 0 radical (unpaired) electrons. The monoisotopic (exact) mass is 527 g/mol. The lowest BCUT2D eigenvalue weighted by molar-refractivity contribution is -0.142. The number of hydrogen-bond donors (Lipinski definition) is 2. The van der Waals surface area contributed by atoms with E-state index in [-0.39, 0.29) is 41.3 Å². The Morgan fingerprint density at radius 3 is 2.43 bits per heavy atom. The highest BCUT2D eigenvalue weighted by molar-refractivity contribution is 5.69. The number of benzene rings is 2. The van der Waals surface area contributed by atoms with E-state index in [0.29, 0.717) is 17.8 Å². The van der Waals surface area contributed by atoms with Crippen LogP contribution in [0.5, 0.6) is 0 Å². The van der Waals surface area contributed by atoms with Gasteiger partial charge in [0.15, 0.2) is 23.2 Å². The van der Waals surface area contributed by atoms with E-state index >= 15 is 0 Å². The van der Waals surface area contributed by atoms with Crippen LogP contribution in [0.1, 0.15) is 22.6 Å². The first-order chi connectivity index (χ1) is 17.4. The zero-order chi connectivity index (χ0) is 26.5. The Labute approximate surface area is 202 Å². The molecule has 0 unspecified atom stereocenters. The lowest BCUT2D eigenvalue weighted by Gasteiger charge is -2.23. The van der Waals surface area contributed by atoms with Crippen LogP contribution in [0.4, 0.5) is 40.9 Å². The van der Waals surface area contributed by atoms with Crippen molar-refractivity contribution in [2.45, 2.75) is 18.9 Å². The molecule has 14 heteroatoms. The molecule has 2 aromatic heterocycles. The summed E-state index contributed by atoms with van der Waals surface area (Å²) in [5, 5.41) is 5.02. The third-order valence-electron chi connectivity index (χ3n) is 5.42. The van der Waals surface area contributed by atoms with Gasteiger partial charge in [0.1, 0.15) is 11.5 Å². The minimum atomic E-state index is -5.07. The van der Waals surface area contributed by atoms with Gasteiger partial charge in [0, 0.05) is 17.8 Å². The number of nitrogens with one attached hydrogen (secondary N) is 2. The lowest BCUT2D eigenvalue weighted by atomic mass is 10.0. The number of fused-ring (bicyclic) bond motifs is 1. The van der Waals surface area contributed by atoms with Crippen molar-refractivity contribution in [1.29, 1.82) is 0 Å². The molecule has 2 aromatic carbocycles. The molecule has 3 heterocycles. The number of halogens is 8. The second-order valence-electron chi connectivity index (χ2n) is 7.94. The molecule has 0 bridgehead atoms. The molecule has 5 rings (SSSR count). The number of hydrazine groups is 1. The molecule has 0 spiro atoms. The van der Waals surface area contributed by atoms with Crippen LogP contribution in [0, 0.1) is 11.6 Å². The zero-order valence-corrected chi connectivity index (χ0v) is 18.2. The molecule has 1 aliphatic heterocycles. The topological polar surface area (TPSA) is 70.0 Å². The highest BCUT2D eigenvalue weighted by atomic mass is 19.4. The molecule has 0 saturated carbocycles. The molecule has 2 N–H and O–H groups in total. The lowest BCUT2D eigenvalue weighted by Crippen LogP contribution is -2.26. The minimum absolute atomic E-state index is 0.0245. The van der Waals surface area contributed by atoms with Gasteiger partial charge in [-0.3, -0.25) is 10.4 Å². The maximum absolute atomic E-state index is 14.1. The van der Waals surface area contributed by atoms with Gasteiger partial charge in [0.05, 0.1) is 28.9 Å². The third kappa shape index (κ3) is 4.73. The summed E-state index contributed by atoms with van der Waals surface area (Å²) in [6.45, 7) is -0.0680. The molecule has 0 saturated heterocycles. The summed E-state index contributed by atoms with van der Waals surface area (Å²) in [6, 6.07) is 6.05. The molecule has 192 valence electrons. The number of aromatic amines is 1. The van der Waals surface area contributed by atoms with Gasteiger partial charge in [-0.15, -0.1) is 0 Å². The van der Waals surface area contributed by atoms with Crippen molar-refractivity contribution in [3.63, 3.8) is 0 Å². The van der Waals surface area contributed by atoms with Crippen molar-refractivity contribution in [1.82, 2.24) is 20.1 Å². The van der Waals surface area contributed by atoms with Gasteiger partial charge in [-0.25, -0.2) is 13.8 Å². The van der Waals surface area contributed by atoms with E-state index in [1.165, 1.54) is 29.4 Å². The molecule has 0 aliphatic carbocycles. The van der Waals surface area contributed by atoms with Crippen molar-refractivity contribution in [3.8, 4) is 22.6 Å². The van der Waals surface area contributed by atoms with Crippen molar-refractivity contribution in [2.75, 3.05) is 5.43 Å². The fraction of sp³-hybridized carbons (Fsp3) is 0.130. The van der Waals surface area contributed by atoms with E-state index in [1.807, 2.05) is 0 Å². The number of aromatic nitrogens is 3. The highest BCUT2D eigenvalue weighted by Crippen LogP contribution is 2.41. The first-order valence-electron chi connectivity index (χ1n) is 10.4. The van der Waals surface area contributed by atoms with Crippen LogP contribution in [0.2, 0.25) is 0 Å². The summed E-state index contributed by atoms with van der Waals surface area (Å²) in [6.07, 6.45) is -6.94. The van der Waals surface area contributed by atoms with Gasteiger partial charge < -0.3 is 9.51 Å². The van der Waals surface area contributed by atoms with E-state index in [4.69, 9.17) is 4.52 Å². The fourth-order valence-electron chi connectivity index (χ4n) is 3.70. The molecule has 1 aliphatic rings. The van der Waals surface area contributed by atoms with Gasteiger partial charge in [0.25, 0.3) is 0 Å². The van der Waals surface area contributed by atoms with Crippen LogP contribution in [0.15, 0.2) is 53.2 Å². The van der Waals surface area contributed by atoms with Gasteiger partial charge in [-0.1, -0.05) is 17.3 Å². The number of alkyl halides is 6. The third-order valence-corrected chi connectivity index (χ3v) is 5.42. The standard InChI is InChI=1S/C23H13F8N5O/c24-16-3-1-2-14(19(16)25)20-32-17-6-7-36(34-21(17)33-20)10-12-9-18(35-37-12)13-5-4-11(22(26,27)28)8-15(13)23(29,30)31/h1-9,34H,10H2,(H,32,33). The van der Waals surface area contributed by atoms with Crippen molar-refractivity contribution in [3.05, 3.63) is 82.9 Å². The van der Waals surface area contributed by atoms with Crippen LogP contribution in [-0.2, 0) is 18.9 Å². The van der Waals surface area contributed by atoms with E-state index in [2.05, 4.69) is 20.6 Å². The summed E-state index contributed by atoms with van der Waals surface area (Å²) in [5.74, 6) is -1.73. The number of H-pyrrole nitrogens is 1. The fourth-order valence-corrected chi connectivity index (χ4v) is 3.70. The number of anilines is 1. The smallest absolute Gasteiger partial charge is 0.359 e. The van der Waals surface area contributed by atoms with Crippen LogP contribution < -0.4 is 5.43 Å². The van der Waals surface area contributed by atoms with Crippen molar-refractivity contribution in [2.24, 2.45) is 0 Å². The van der Waals surface area contributed by atoms with Gasteiger partial charge in [-0.05, 0) is 30.3 Å². The summed E-state index contributed by atoms with van der Waals surface area (Å²) in [4.78, 5) is 7.05. The quantitative estimate of drug-likeness (QED) is 0.284. The van der Waals surface area contributed by atoms with Gasteiger partial charge >= 0.3 is 12.4 Å². The number of imidazole rings is 1. The first-order valence-corrected chi connectivity index (χ1v) is 10.4. The molecule has 0 fully saturated rings. The van der Waals surface area contributed by atoms with Gasteiger partial charge in [0.2, 0.25) is 0 Å². The maximum Gasteiger partial charge on any atom is 0.417 e. The van der Waals surface area contributed by atoms with E-state index in [1.54, 1.807) is 6.08 Å². The predicted octanol–water partition coefficient (Wildman–Crippen LogP) is 6.86. The number of rotatable bonds is 4. The Bertz CT molecular complexity index is 1500. The molecule has 0 amide bonds. The molecular formula is C23H13F8N5O. The van der Waals surface area contributed by atoms with Crippen LogP contribution in [0.3, 0.4) is 0 Å². The minimum Gasteiger partial charge on any atom is -0.359 e. The molecular weight excluding hydrogens is 514 g/mol. The van der Waals surface area contributed by atoms with Gasteiger partial charge in [-0.2, -0.15) is 26.3 Å². The SMILES string of the molecule is Fc1cccc(-c2nc3c([nH]2)C=CN(Cc2cc(-c4ccc(C(F)(F)F)cc4C(F)(F)F)no2)N3)c1F. The summed E-state index contributed by atoms with van der Waals surface area (Å²) in [7, 11) is 0. The Morgan fingerprint density at radius 2 is 1.70 bits per heavy atom.